The van der Waals surface area contributed by atoms with Crippen molar-refractivity contribution in [3.63, 3.8) is 0 Å². The van der Waals surface area contributed by atoms with Crippen molar-refractivity contribution in [2.75, 3.05) is 25.4 Å². The molecule has 0 amide bonds. The fourth-order valence-corrected chi connectivity index (χ4v) is 7.16. The molecule has 0 saturated carbocycles. The van der Waals surface area contributed by atoms with Crippen LogP contribution in [0.4, 0.5) is 5.69 Å². The second kappa shape index (κ2) is 6.87. The Labute approximate surface area is 167 Å². The third-order valence-corrected chi connectivity index (χ3v) is 8.75. The molecule has 3 atom stereocenters. The standard InChI is InChI=1S/C22H27N3O2S/c23-18-7-9-19(10-8-18)28(26,27)25-12-3-5-17-15-24-13-11-16-4-1-2-6-20(16)22(24)14-21(17)25/h1-2,4,6-10,17,21-22H,3,5,11-15,23H2/t17-,21+,22+/m1/s1. The van der Waals surface area contributed by atoms with Gasteiger partial charge in [-0.3, -0.25) is 4.90 Å². The summed E-state index contributed by atoms with van der Waals surface area (Å²) in [5.41, 5.74) is 9.16. The SMILES string of the molecule is Nc1ccc(S(=O)(=O)N2CCC[C@@H]3CN4CCc5ccccc5[C@@H]4C[C@@H]32)cc1. The summed E-state index contributed by atoms with van der Waals surface area (Å²) in [5.74, 6) is 0.416. The highest BCUT2D eigenvalue weighted by atomic mass is 32.2. The highest BCUT2D eigenvalue weighted by Gasteiger charge is 2.46. The number of benzene rings is 2. The zero-order valence-electron chi connectivity index (χ0n) is 16.0. The first kappa shape index (κ1) is 18.2. The van der Waals surface area contributed by atoms with Crippen LogP contribution in [-0.4, -0.2) is 43.3 Å². The van der Waals surface area contributed by atoms with E-state index in [0.717, 1.165) is 38.8 Å². The fourth-order valence-electron chi connectivity index (χ4n) is 5.43. The molecule has 28 heavy (non-hydrogen) atoms. The molecular weight excluding hydrogens is 370 g/mol. The van der Waals surface area contributed by atoms with Crippen LogP contribution in [0.15, 0.2) is 53.4 Å². The number of rotatable bonds is 2. The lowest BCUT2D eigenvalue weighted by Gasteiger charge is -2.51. The van der Waals surface area contributed by atoms with E-state index in [2.05, 4.69) is 29.2 Å². The minimum absolute atomic E-state index is 0.0729. The van der Waals surface area contributed by atoms with Crippen LogP contribution in [0.5, 0.6) is 0 Å². The van der Waals surface area contributed by atoms with E-state index in [1.54, 1.807) is 28.6 Å². The van der Waals surface area contributed by atoms with Gasteiger partial charge in [0.1, 0.15) is 0 Å². The molecule has 0 radical (unpaired) electrons. The molecule has 3 aliphatic heterocycles. The monoisotopic (exact) mass is 397 g/mol. The van der Waals surface area contributed by atoms with Crippen molar-refractivity contribution in [3.8, 4) is 0 Å². The Kier molecular flexibility index (Phi) is 4.45. The minimum Gasteiger partial charge on any atom is -0.399 e. The van der Waals surface area contributed by atoms with Gasteiger partial charge in [-0.05, 0) is 67.0 Å². The maximum absolute atomic E-state index is 13.4. The van der Waals surface area contributed by atoms with Crippen LogP contribution in [0.25, 0.3) is 0 Å². The molecule has 6 heteroatoms. The maximum atomic E-state index is 13.4. The number of anilines is 1. The van der Waals surface area contributed by atoms with Gasteiger partial charge in [0.15, 0.2) is 0 Å². The van der Waals surface area contributed by atoms with Gasteiger partial charge in [0, 0.05) is 37.4 Å². The molecule has 148 valence electrons. The first-order valence-corrected chi connectivity index (χ1v) is 11.7. The van der Waals surface area contributed by atoms with Crippen molar-refractivity contribution < 1.29 is 8.42 Å². The van der Waals surface area contributed by atoms with Crippen molar-refractivity contribution in [1.29, 1.82) is 0 Å². The van der Waals surface area contributed by atoms with E-state index in [1.165, 1.54) is 11.1 Å². The molecule has 5 nitrogen and oxygen atoms in total. The summed E-state index contributed by atoms with van der Waals surface area (Å²) in [4.78, 5) is 2.94. The quantitative estimate of drug-likeness (QED) is 0.791. The molecule has 3 heterocycles. The van der Waals surface area contributed by atoms with Crippen LogP contribution >= 0.6 is 0 Å². The Morgan fingerprint density at radius 2 is 1.79 bits per heavy atom. The molecule has 0 aliphatic carbocycles. The van der Waals surface area contributed by atoms with Crippen LogP contribution in [0.2, 0.25) is 0 Å². The molecule has 2 aromatic carbocycles. The number of piperidine rings is 2. The van der Waals surface area contributed by atoms with E-state index in [9.17, 15) is 8.42 Å². The lowest BCUT2D eigenvalue weighted by Crippen LogP contribution is -2.57. The van der Waals surface area contributed by atoms with E-state index >= 15 is 0 Å². The lowest BCUT2D eigenvalue weighted by atomic mass is 9.77. The summed E-state index contributed by atoms with van der Waals surface area (Å²) >= 11 is 0. The van der Waals surface area contributed by atoms with Gasteiger partial charge in [-0.25, -0.2) is 8.42 Å². The van der Waals surface area contributed by atoms with Gasteiger partial charge in [-0.15, -0.1) is 0 Å². The largest absolute Gasteiger partial charge is 0.399 e. The van der Waals surface area contributed by atoms with Gasteiger partial charge >= 0.3 is 0 Å². The second-order valence-electron chi connectivity index (χ2n) is 8.35. The smallest absolute Gasteiger partial charge is 0.243 e. The van der Waals surface area contributed by atoms with Gasteiger partial charge in [-0.1, -0.05) is 24.3 Å². The number of hydrogen-bond acceptors (Lipinski definition) is 4. The first-order valence-electron chi connectivity index (χ1n) is 10.2. The van der Waals surface area contributed by atoms with Crippen LogP contribution in [0, 0.1) is 5.92 Å². The molecule has 0 aromatic heterocycles. The maximum Gasteiger partial charge on any atom is 0.243 e. The topological polar surface area (TPSA) is 66.6 Å². The molecule has 2 fully saturated rings. The summed E-state index contributed by atoms with van der Waals surface area (Å²) in [7, 11) is -3.51. The fraction of sp³-hybridized carbons (Fsp3) is 0.455. The zero-order chi connectivity index (χ0) is 19.3. The summed E-state index contributed by atoms with van der Waals surface area (Å²) < 4.78 is 28.7. The van der Waals surface area contributed by atoms with Crippen molar-refractivity contribution in [3.05, 3.63) is 59.7 Å². The number of sulfonamides is 1. The minimum atomic E-state index is -3.51. The van der Waals surface area contributed by atoms with Crippen LogP contribution in [-0.2, 0) is 16.4 Å². The predicted octanol–water partition coefficient (Wildman–Crippen LogP) is 3.04. The molecule has 2 aromatic rings. The Hall–Kier alpha value is -1.89. The Balaban J connectivity index is 1.48. The predicted molar refractivity (Wildman–Crippen MR) is 110 cm³/mol. The normalized spacial score (nSPS) is 28.2. The third-order valence-electron chi connectivity index (χ3n) is 6.81. The Bertz CT molecular complexity index is 974. The van der Waals surface area contributed by atoms with Crippen LogP contribution < -0.4 is 5.73 Å². The molecule has 2 N–H and O–H groups in total. The highest BCUT2D eigenvalue weighted by Crippen LogP contribution is 2.44. The molecule has 2 saturated heterocycles. The zero-order valence-corrected chi connectivity index (χ0v) is 16.8. The molecule has 0 bridgehead atoms. The molecule has 5 rings (SSSR count). The number of nitrogens with two attached hydrogens (primary N) is 1. The van der Waals surface area contributed by atoms with Gasteiger partial charge in [0.05, 0.1) is 4.90 Å². The van der Waals surface area contributed by atoms with E-state index in [1.807, 2.05) is 0 Å². The Morgan fingerprint density at radius 3 is 2.61 bits per heavy atom. The van der Waals surface area contributed by atoms with Crippen LogP contribution in [0.1, 0.15) is 36.4 Å². The summed E-state index contributed by atoms with van der Waals surface area (Å²) in [6.45, 7) is 2.69. The van der Waals surface area contributed by atoms with Gasteiger partial charge in [-0.2, -0.15) is 4.31 Å². The molecule has 0 spiro atoms. The Morgan fingerprint density at radius 1 is 1.00 bits per heavy atom. The molecule has 0 unspecified atom stereocenters. The van der Waals surface area contributed by atoms with Gasteiger partial charge in [0.2, 0.25) is 10.0 Å². The molecule has 3 aliphatic rings. The average Bonchev–Trinajstić information content (AvgIpc) is 2.72. The summed E-state index contributed by atoms with van der Waals surface area (Å²) in [6.07, 6.45) is 4.03. The third kappa shape index (κ3) is 2.95. The van der Waals surface area contributed by atoms with Crippen molar-refractivity contribution >= 4 is 15.7 Å². The number of fused-ring (bicyclic) bond motifs is 4. The summed E-state index contributed by atoms with van der Waals surface area (Å²) in [6, 6.07) is 15.7. The van der Waals surface area contributed by atoms with E-state index in [4.69, 9.17) is 5.73 Å². The van der Waals surface area contributed by atoms with Crippen molar-refractivity contribution in [2.45, 2.75) is 42.7 Å². The number of nitrogen functional groups attached to an aromatic ring is 1. The molecular formula is C22H27N3O2S. The van der Waals surface area contributed by atoms with Crippen LogP contribution in [0.3, 0.4) is 0 Å². The van der Waals surface area contributed by atoms with Gasteiger partial charge in [0.25, 0.3) is 0 Å². The van der Waals surface area contributed by atoms with E-state index < -0.39 is 10.0 Å². The number of hydrogen-bond donors (Lipinski definition) is 1. The lowest BCUT2D eigenvalue weighted by molar-refractivity contribution is 0.0220. The first-order chi connectivity index (χ1) is 13.5. The van der Waals surface area contributed by atoms with E-state index in [-0.39, 0.29) is 6.04 Å². The van der Waals surface area contributed by atoms with Crippen molar-refractivity contribution in [2.24, 2.45) is 5.92 Å². The van der Waals surface area contributed by atoms with Gasteiger partial charge < -0.3 is 5.73 Å². The second-order valence-corrected chi connectivity index (χ2v) is 10.2. The highest BCUT2D eigenvalue weighted by molar-refractivity contribution is 7.89. The average molecular weight is 398 g/mol. The number of nitrogens with zero attached hydrogens (tertiary/aromatic N) is 2. The summed E-state index contributed by atoms with van der Waals surface area (Å²) in [5, 5.41) is 0. The van der Waals surface area contributed by atoms with Crippen molar-refractivity contribution in [1.82, 2.24) is 9.21 Å². The van der Waals surface area contributed by atoms with E-state index in [0.29, 0.717) is 29.1 Å².